The van der Waals surface area contributed by atoms with Gasteiger partial charge >= 0.3 is 0 Å². The van der Waals surface area contributed by atoms with Crippen LogP contribution < -0.4 is 0 Å². The van der Waals surface area contributed by atoms with E-state index in [0.29, 0.717) is 0 Å². The number of aliphatic hydroxyl groups excluding tert-OH is 1. The van der Waals surface area contributed by atoms with E-state index in [-0.39, 0.29) is 11.5 Å². The molecule has 0 aliphatic heterocycles. The minimum absolute atomic E-state index is 0.189. The third-order valence-electron chi connectivity index (χ3n) is 2.72. The van der Waals surface area contributed by atoms with E-state index >= 15 is 0 Å². The van der Waals surface area contributed by atoms with E-state index in [0.717, 1.165) is 18.4 Å². The summed E-state index contributed by atoms with van der Waals surface area (Å²) in [6.45, 7) is 8.69. The molecule has 0 aliphatic carbocycles. The summed E-state index contributed by atoms with van der Waals surface area (Å²) in [7, 11) is 0. The summed E-state index contributed by atoms with van der Waals surface area (Å²) in [5, 5.41) is 9.81. The molecule has 0 radical (unpaired) electrons. The molecule has 0 aliphatic rings. The highest BCUT2D eigenvalue weighted by molar-refractivity contribution is 5.28. The van der Waals surface area contributed by atoms with Gasteiger partial charge in [0.2, 0.25) is 0 Å². The Morgan fingerprint density at radius 2 is 1.67 bits per heavy atom. The molecular weight excluding hydrogens is 184 g/mol. The zero-order chi connectivity index (χ0) is 11.5. The second kappa shape index (κ2) is 4.80. The first-order valence-corrected chi connectivity index (χ1v) is 5.73. The summed E-state index contributed by atoms with van der Waals surface area (Å²) >= 11 is 0. The monoisotopic (exact) mass is 206 g/mol. The van der Waals surface area contributed by atoms with Crippen molar-refractivity contribution in [2.75, 3.05) is 0 Å². The third-order valence-corrected chi connectivity index (χ3v) is 2.72. The van der Waals surface area contributed by atoms with Gasteiger partial charge in [-0.3, -0.25) is 0 Å². The first-order chi connectivity index (χ1) is 6.95. The lowest BCUT2D eigenvalue weighted by atomic mass is 9.86. The molecule has 1 heteroatoms. The Kier molecular flexibility index (Phi) is 3.92. The molecule has 0 aromatic heterocycles. The Hall–Kier alpha value is -0.820. The number of hydrogen-bond donors (Lipinski definition) is 1. The van der Waals surface area contributed by atoms with Gasteiger partial charge in [-0.1, -0.05) is 58.4 Å². The molecule has 0 saturated heterocycles. The summed E-state index contributed by atoms with van der Waals surface area (Å²) in [4.78, 5) is 0. The summed E-state index contributed by atoms with van der Waals surface area (Å²) in [6.07, 6.45) is 1.56. The summed E-state index contributed by atoms with van der Waals surface area (Å²) in [5.41, 5.74) is 2.54. The topological polar surface area (TPSA) is 20.2 Å². The lowest BCUT2D eigenvalue weighted by molar-refractivity contribution is 0.166. The highest BCUT2D eigenvalue weighted by Gasteiger charge is 2.14. The second-order valence-corrected chi connectivity index (χ2v) is 5.18. The van der Waals surface area contributed by atoms with Crippen LogP contribution in [0.4, 0.5) is 0 Å². The maximum absolute atomic E-state index is 9.81. The van der Waals surface area contributed by atoms with Crippen LogP contribution in [-0.2, 0) is 5.41 Å². The Morgan fingerprint density at radius 3 is 2.07 bits per heavy atom. The summed E-state index contributed by atoms with van der Waals surface area (Å²) in [6, 6.07) is 8.32. The third kappa shape index (κ3) is 3.35. The first-order valence-electron chi connectivity index (χ1n) is 5.73. The van der Waals surface area contributed by atoms with Gasteiger partial charge in [0.25, 0.3) is 0 Å². The van der Waals surface area contributed by atoms with Gasteiger partial charge < -0.3 is 5.11 Å². The van der Waals surface area contributed by atoms with Gasteiger partial charge in [-0.25, -0.2) is 0 Å². The van der Waals surface area contributed by atoms with Crippen LogP contribution in [0.5, 0.6) is 0 Å². The van der Waals surface area contributed by atoms with Crippen molar-refractivity contribution in [2.45, 2.75) is 52.1 Å². The van der Waals surface area contributed by atoms with Gasteiger partial charge in [0.1, 0.15) is 0 Å². The Balaban J connectivity index is 2.81. The van der Waals surface area contributed by atoms with Crippen LogP contribution in [0.1, 0.15) is 57.8 Å². The van der Waals surface area contributed by atoms with E-state index in [1.54, 1.807) is 0 Å². The van der Waals surface area contributed by atoms with E-state index in [2.05, 4.69) is 39.8 Å². The lowest BCUT2D eigenvalue weighted by Crippen LogP contribution is -2.11. The molecule has 1 aromatic carbocycles. The van der Waals surface area contributed by atoms with Crippen LogP contribution in [0.3, 0.4) is 0 Å². The van der Waals surface area contributed by atoms with E-state index in [4.69, 9.17) is 0 Å². The molecule has 1 rings (SSSR count). The van der Waals surface area contributed by atoms with Crippen LogP contribution >= 0.6 is 0 Å². The molecule has 0 saturated carbocycles. The molecule has 0 heterocycles. The fourth-order valence-corrected chi connectivity index (χ4v) is 1.65. The number of rotatable bonds is 3. The van der Waals surface area contributed by atoms with E-state index < -0.39 is 0 Å². The minimum Gasteiger partial charge on any atom is -0.388 e. The van der Waals surface area contributed by atoms with Crippen molar-refractivity contribution in [1.29, 1.82) is 0 Å². The van der Waals surface area contributed by atoms with Crippen molar-refractivity contribution in [3.8, 4) is 0 Å². The average molecular weight is 206 g/mol. The predicted molar refractivity (Wildman–Crippen MR) is 65.0 cm³/mol. The van der Waals surface area contributed by atoms with Crippen molar-refractivity contribution < 1.29 is 5.11 Å². The molecule has 1 N–H and O–H groups in total. The quantitative estimate of drug-likeness (QED) is 0.797. The highest BCUT2D eigenvalue weighted by atomic mass is 16.3. The molecular formula is C14H22O. The van der Waals surface area contributed by atoms with Gasteiger partial charge in [-0.05, 0) is 23.0 Å². The Labute approximate surface area is 93.1 Å². The van der Waals surface area contributed by atoms with Gasteiger partial charge in [0, 0.05) is 0 Å². The standard InChI is InChI=1S/C14H22O/c1-5-6-13(15)11-7-9-12(10-8-11)14(2,3)4/h7-10,13,15H,5-6H2,1-4H3/t13-/m0/s1. The van der Waals surface area contributed by atoms with Gasteiger partial charge in [0.15, 0.2) is 0 Å². The normalized spacial score (nSPS) is 13.9. The number of benzene rings is 1. The maximum Gasteiger partial charge on any atom is 0.0790 e. The van der Waals surface area contributed by atoms with Crippen molar-refractivity contribution in [2.24, 2.45) is 0 Å². The molecule has 0 bridgehead atoms. The van der Waals surface area contributed by atoms with Crippen molar-refractivity contribution in [3.05, 3.63) is 35.4 Å². The predicted octanol–water partition coefficient (Wildman–Crippen LogP) is 3.82. The molecule has 0 unspecified atom stereocenters. The smallest absolute Gasteiger partial charge is 0.0790 e. The molecule has 1 atom stereocenters. The molecule has 0 spiro atoms. The average Bonchev–Trinajstić information content (AvgIpc) is 2.17. The van der Waals surface area contributed by atoms with Crippen LogP contribution in [0.25, 0.3) is 0 Å². The summed E-state index contributed by atoms with van der Waals surface area (Å²) in [5.74, 6) is 0. The van der Waals surface area contributed by atoms with Gasteiger partial charge in [-0.2, -0.15) is 0 Å². The SMILES string of the molecule is CCC[C@H](O)c1ccc(C(C)(C)C)cc1. The van der Waals surface area contributed by atoms with Crippen molar-refractivity contribution in [1.82, 2.24) is 0 Å². The summed E-state index contributed by atoms with van der Waals surface area (Å²) < 4.78 is 0. The fourth-order valence-electron chi connectivity index (χ4n) is 1.65. The largest absolute Gasteiger partial charge is 0.388 e. The van der Waals surface area contributed by atoms with Crippen molar-refractivity contribution >= 4 is 0 Å². The van der Waals surface area contributed by atoms with Crippen LogP contribution in [-0.4, -0.2) is 5.11 Å². The second-order valence-electron chi connectivity index (χ2n) is 5.18. The van der Waals surface area contributed by atoms with Crippen molar-refractivity contribution in [3.63, 3.8) is 0 Å². The molecule has 15 heavy (non-hydrogen) atoms. The van der Waals surface area contributed by atoms with E-state index in [1.807, 2.05) is 12.1 Å². The van der Waals surface area contributed by atoms with Crippen LogP contribution in [0, 0.1) is 0 Å². The molecule has 1 nitrogen and oxygen atoms in total. The molecule has 0 amide bonds. The molecule has 84 valence electrons. The Bertz CT molecular complexity index is 292. The first kappa shape index (κ1) is 12.3. The zero-order valence-electron chi connectivity index (χ0n) is 10.2. The minimum atomic E-state index is -0.302. The van der Waals surface area contributed by atoms with Gasteiger partial charge in [0.05, 0.1) is 6.10 Å². The zero-order valence-corrected chi connectivity index (χ0v) is 10.2. The Morgan fingerprint density at radius 1 is 1.13 bits per heavy atom. The fraction of sp³-hybridized carbons (Fsp3) is 0.571. The molecule has 0 fully saturated rings. The number of aliphatic hydroxyl groups is 1. The van der Waals surface area contributed by atoms with E-state index in [9.17, 15) is 5.11 Å². The number of hydrogen-bond acceptors (Lipinski definition) is 1. The molecule has 1 aromatic rings. The lowest BCUT2D eigenvalue weighted by Gasteiger charge is -2.20. The van der Waals surface area contributed by atoms with Gasteiger partial charge in [-0.15, -0.1) is 0 Å². The highest BCUT2D eigenvalue weighted by Crippen LogP contribution is 2.25. The van der Waals surface area contributed by atoms with Crippen LogP contribution in [0.15, 0.2) is 24.3 Å². The van der Waals surface area contributed by atoms with E-state index in [1.165, 1.54) is 5.56 Å². The van der Waals surface area contributed by atoms with Crippen LogP contribution in [0.2, 0.25) is 0 Å². The maximum atomic E-state index is 9.81.